The predicted octanol–water partition coefficient (Wildman–Crippen LogP) is 2.86. The smallest absolute Gasteiger partial charge is 0.250 e. The number of fused-ring (bicyclic) bond motifs is 1. The molecule has 31 heavy (non-hydrogen) atoms. The average Bonchev–Trinajstić information content (AvgIpc) is 3.47. The minimum atomic E-state index is -0.466. The topological polar surface area (TPSA) is 71.6 Å². The van der Waals surface area contributed by atoms with Crippen LogP contribution in [-0.2, 0) is 17.9 Å². The molecule has 2 fully saturated rings. The Morgan fingerprint density at radius 2 is 1.68 bits per heavy atom. The maximum absolute atomic E-state index is 13.1. The van der Waals surface area contributed by atoms with Gasteiger partial charge in [-0.05, 0) is 31.0 Å². The number of nitrogens with zero attached hydrogens (tertiary/aromatic N) is 3. The first-order valence-corrected chi connectivity index (χ1v) is 10.9. The van der Waals surface area contributed by atoms with Gasteiger partial charge in [-0.3, -0.25) is 14.5 Å². The van der Waals surface area contributed by atoms with Gasteiger partial charge < -0.3 is 15.2 Å². The van der Waals surface area contributed by atoms with Crippen LogP contribution in [-0.4, -0.2) is 52.4 Å². The Balaban J connectivity index is 1.25. The summed E-state index contributed by atoms with van der Waals surface area (Å²) in [5, 5.41) is 0.799. The van der Waals surface area contributed by atoms with Crippen LogP contribution >= 0.6 is 0 Å². The summed E-state index contributed by atoms with van der Waals surface area (Å²) < 4.78 is 1.86. The molecule has 3 aromatic rings. The molecule has 2 aliphatic heterocycles. The van der Waals surface area contributed by atoms with E-state index in [1.54, 1.807) is 6.20 Å². The van der Waals surface area contributed by atoms with Gasteiger partial charge in [-0.15, -0.1) is 0 Å². The molecule has 6 heteroatoms. The number of likely N-dealkylation sites (tertiary alicyclic amines) is 2. The first-order chi connectivity index (χ1) is 15.0. The Morgan fingerprint density at radius 1 is 0.935 bits per heavy atom. The van der Waals surface area contributed by atoms with Crippen molar-refractivity contribution in [3.63, 3.8) is 0 Å². The van der Waals surface area contributed by atoms with Crippen LogP contribution in [0.2, 0.25) is 0 Å². The van der Waals surface area contributed by atoms with Crippen LogP contribution in [0.5, 0.6) is 0 Å². The summed E-state index contributed by atoms with van der Waals surface area (Å²) in [4.78, 5) is 29.5. The lowest BCUT2D eigenvalue weighted by atomic mass is 9.86. The van der Waals surface area contributed by atoms with E-state index in [4.69, 9.17) is 5.73 Å². The highest BCUT2D eigenvalue weighted by Gasteiger charge is 2.44. The Labute approximate surface area is 182 Å². The van der Waals surface area contributed by atoms with E-state index in [-0.39, 0.29) is 17.9 Å². The van der Waals surface area contributed by atoms with E-state index in [1.807, 2.05) is 33.7 Å². The summed E-state index contributed by atoms with van der Waals surface area (Å²) in [6.07, 6.45) is 3.92. The molecular weight excluding hydrogens is 388 g/mol. The van der Waals surface area contributed by atoms with E-state index < -0.39 is 5.91 Å². The summed E-state index contributed by atoms with van der Waals surface area (Å²) >= 11 is 0. The normalized spacial score (nSPS) is 21.4. The Bertz CT molecular complexity index is 1120. The third-order valence-electron chi connectivity index (χ3n) is 6.92. The predicted molar refractivity (Wildman–Crippen MR) is 120 cm³/mol. The molecule has 1 unspecified atom stereocenters. The van der Waals surface area contributed by atoms with Crippen LogP contribution in [0.3, 0.4) is 0 Å². The fourth-order valence-corrected chi connectivity index (χ4v) is 5.31. The number of benzene rings is 2. The molecule has 160 valence electrons. The van der Waals surface area contributed by atoms with Gasteiger partial charge in [0.2, 0.25) is 5.91 Å². The molecule has 3 heterocycles. The van der Waals surface area contributed by atoms with Crippen molar-refractivity contribution in [3.8, 4) is 0 Å². The highest BCUT2D eigenvalue weighted by molar-refractivity contribution is 6.06. The van der Waals surface area contributed by atoms with Crippen molar-refractivity contribution in [1.82, 2.24) is 14.4 Å². The van der Waals surface area contributed by atoms with E-state index >= 15 is 0 Å². The fraction of sp³-hybridized carbons (Fsp3) is 0.360. The molecule has 1 spiro atoms. The summed E-state index contributed by atoms with van der Waals surface area (Å²) in [5.41, 5.74) is 8.43. The number of carbonyl (C=O) groups excluding carboxylic acids is 2. The van der Waals surface area contributed by atoms with Crippen LogP contribution in [0.25, 0.3) is 10.9 Å². The third kappa shape index (κ3) is 3.83. The van der Waals surface area contributed by atoms with Crippen molar-refractivity contribution >= 4 is 22.7 Å². The standard InChI is InChI=1S/C25H28N4O2/c26-24(31)21-15-29(22-9-5-4-8-20(21)22)16-23(30)28-13-11-25(18-28)10-12-27(17-25)14-19-6-2-1-3-7-19/h1-9,15H,10-14,16-18H2,(H2,26,31). The lowest BCUT2D eigenvalue weighted by Gasteiger charge is -2.25. The van der Waals surface area contributed by atoms with Gasteiger partial charge in [0.1, 0.15) is 6.54 Å². The van der Waals surface area contributed by atoms with E-state index in [2.05, 4.69) is 35.2 Å². The van der Waals surface area contributed by atoms with Gasteiger partial charge in [0.25, 0.3) is 5.91 Å². The minimum absolute atomic E-state index is 0.107. The van der Waals surface area contributed by atoms with Crippen molar-refractivity contribution in [2.24, 2.45) is 11.1 Å². The minimum Gasteiger partial charge on any atom is -0.366 e. The quantitative estimate of drug-likeness (QED) is 0.695. The second-order valence-corrected chi connectivity index (χ2v) is 9.06. The largest absolute Gasteiger partial charge is 0.366 e. The third-order valence-corrected chi connectivity index (χ3v) is 6.92. The van der Waals surface area contributed by atoms with Gasteiger partial charge in [-0.1, -0.05) is 48.5 Å². The monoisotopic (exact) mass is 416 g/mol. The highest BCUT2D eigenvalue weighted by atomic mass is 16.2. The van der Waals surface area contributed by atoms with E-state index in [9.17, 15) is 9.59 Å². The maximum atomic E-state index is 13.1. The maximum Gasteiger partial charge on any atom is 0.250 e. The molecule has 5 rings (SSSR count). The molecular formula is C25H28N4O2. The number of amides is 2. The number of aromatic nitrogens is 1. The Kier molecular flexibility index (Phi) is 5.02. The molecule has 2 saturated heterocycles. The Hall–Kier alpha value is -3.12. The van der Waals surface area contributed by atoms with Crippen LogP contribution in [0.1, 0.15) is 28.8 Å². The van der Waals surface area contributed by atoms with Crippen molar-refractivity contribution in [2.45, 2.75) is 25.9 Å². The molecule has 1 atom stereocenters. The number of rotatable bonds is 5. The second kappa shape index (κ2) is 7.85. The molecule has 0 radical (unpaired) electrons. The molecule has 0 aliphatic carbocycles. The molecule has 6 nitrogen and oxygen atoms in total. The summed E-state index contributed by atoms with van der Waals surface area (Å²) in [5.74, 6) is -0.359. The molecule has 1 aromatic heterocycles. The number of primary amides is 1. The highest BCUT2D eigenvalue weighted by Crippen LogP contribution is 2.40. The van der Waals surface area contributed by atoms with Gasteiger partial charge in [0, 0.05) is 48.7 Å². The van der Waals surface area contributed by atoms with Gasteiger partial charge in [-0.25, -0.2) is 0 Å². The summed E-state index contributed by atoms with van der Waals surface area (Å²) in [7, 11) is 0. The number of carbonyl (C=O) groups is 2. The number of hydrogen-bond acceptors (Lipinski definition) is 3. The average molecular weight is 417 g/mol. The molecule has 0 bridgehead atoms. The zero-order chi connectivity index (χ0) is 21.4. The van der Waals surface area contributed by atoms with Crippen molar-refractivity contribution < 1.29 is 9.59 Å². The van der Waals surface area contributed by atoms with E-state index in [0.717, 1.165) is 56.5 Å². The number of nitrogens with two attached hydrogens (primary N) is 1. The zero-order valence-corrected chi connectivity index (χ0v) is 17.7. The molecule has 2 aromatic carbocycles. The molecule has 2 aliphatic rings. The Morgan fingerprint density at radius 3 is 2.48 bits per heavy atom. The molecule has 2 N–H and O–H groups in total. The van der Waals surface area contributed by atoms with Crippen LogP contribution < -0.4 is 5.73 Å². The van der Waals surface area contributed by atoms with Crippen molar-refractivity contribution in [2.75, 3.05) is 26.2 Å². The van der Waals surface area contributed by atoms with Gasteiger partial charge in [0.15, 0.2) is 0 Å². The lowest BCUT2D eigenvalue weighted by Crippen LogP contribution is -2.35. The summed E-state index contributed by atoms with van der Waals surface area (Å²) in [6.45, 7) is 4.96. The molecule has 0 saturated carbocycles. The van der Waals surface area contributed by atoms with Crippen molar-refractivity contribution in [3.05, 3.63) is 71.9 Å². The zero-order valence-electron chi connectivity index (χ0n) is 17.7. The fourth-order valence-electron chi connectivity index (χ4n) is 5.31. The van der Waals surface area contributed by atoms with Gasteiger partial charge in [-0.2, -0.15) is 0 Å². The summed E-state index contributed by atoms with van der Waals surface area (Å²) in [6, 6.07) is 18.2. The second-order valence-electron chi connectivity index (χ2n) is 9.06. The van der Waals surface area contributed by atoms with Crippen molar-refractivity contribution in [1.29, 1.82) is 0 Å². The van der Waals surface area contributed by atoms with Gasteiger partial charge >= 0.3 is 0 Å². The van der Waals surface area contributed by atoms with Crippen LogP contribution in [0, 0.1) is 5.41 Å². The van der Waals surface area contributed by atoms with Crippen LogP contribution in [0.15, 0.2) is 60.8 Å². The van der Waals surface area contributed by atoms with E-state index in [0.29, 0.717) is 5.56 Å². The molecule has 2 amide bonds. The number of hydrogen-bond donors (Lipinski definition) is 1. The number of para-hydroxylation sites is 1. The van der Waals surface area contributed by atoms with Crippen LogP contribution in [0.4, 0.5) is 0 Å². The first-order valence-electron chi connectivity index (χ1n) is 10.9. The van der Waals surface area contributed by atoms with E-state index in [1.165, 1.54) is 5.56 Å². The lowest BCUT2D eigenvalue weighted by molar-refractivity contribution is -0.131. The SMILES string of the molecule is NC(=O)c1cn(CC(=O)N2CCC3(CCN(Cc4ccccc4)C3)C2)c2ccccc12. The first kappa shape index (κ1) is 19.8. The van der Waals surface area contributed by atoms with Gasteiger partial charge in [0.05, 0.1) is 5.56 Å².